The highest BCUT2D eigenvalue weighted by molar-refractivity contribution is 6.09. The molecule has 0 saturated carbocycles. The zero-order valence-electron chi connectivity index (χ0n) is 17.0. The van der Waals surface area contributed by atoms with E-state index in [0.29, 0.717) is 12.2 Å². The van der Waals surface area contributed by atoms with Crippen LogP contribution in [-0.4, -0.2) is 69.2 Å². The lowest BCUT2D eigenvalue weighted by molar-refractivity contribution is -0.138. The van der Waals surface area contributed by atoms with Gasteiger partial charge in [0.25, 0.3) is 0 Å². The van der Waals surface area contributed by atoms with Crippen molar-refractivity contribution in [3.63, 3.8) is 0 Å². The minimum atomic E-state index is -1.14. The van der Waals surface area contributed by atoms with Crippen LogP contribution in [0.3, 0.4) is 0 Å². The van der Waals surface area contributed by atoms with E-state index in [9.17, 15) is 9.59 Å². The molecule has 3 rings (SSSR count). The third kappa shape index (κ3) is 5.23. The van der Waals surface area contributed by atoms with Gasteiger partial charge in [-0.1, -0.05) is 0 Å². The summed E-state index contributed by atoms with van der Waals surface area (Å²) < 4.78 is 5.32. The molecule has 1 aromatic rings. The van der Waals surface area contributed by atoms with Crippen molar-refractivity contribution in [2.24, 2.45) is 5.41 Å². The fraction of sp³-hybridized carbons (Fsp3) is 0.619. The maximum atomic E-state index is 12.7. The first-order valence-electron chi connectivity index (χ1n) is 10.2. The van der Waals surface area contributed by atoms with Crippen molar-refractivity contribution in [2.75, 3.05) is 62.7 Å². The Labute approximate surface area is 167 Å². The molecular formula is C21H32N4O3. The number of amides is 2. The van der Waals surface area contributed by atoms with Gasteiger partial charge in [0.1, 0.15) is 5.41 Å². The zero-order valence-corrected chi connectivity index (χ0v) is 17.0. The Morgan fingerprint density at radius 3 is 2.29 bits per heavy atom. The number of benzene rings is 1. The molecule has 0 atom stereocenters. The number of carbonyl (C=O) groups is 2. The van der Waals surface area contributed by atoms with E-state index in [1.54, 1.807) is 13.8 Å². The lowest BCUT2D eigenvalue weighted by Crippen LogP contribution is -2.48. The molecule has 2 heterocycles. The summed E-state index contributed by atoms with van der Waals surface area (Å²) in [5, 5.41) is 5.77. The molecule has 154 valence electrons. The highest BCUT2D eigenvalue weighted by Gasteiger charge is 2.36. The van der Waals surface area contributed by atoms with Gasteiger partial charge >= 0.3 is 0 Å². The highest BCUT2D eigenvalue weighted by atomic mass is 16.5. The normalized spacial score (nSPS) is 18.1. The molecular weight excluding hydrogens is 356 g/mol. The molecule has 2 aliphatic rings. The molecule has 7 nitrogen and oxygen atoms in total. The predicted molar refractivity (Wildman–Crippen MR) is 111 cm³/mol. The molecule has 0 aromatic heterocycles. The maximum absolute atomic E-state index is 12.7. The zero-order chi connectivity index (χ0) is 20.0. The van der Waals surface area contributed by atoms with Crippen molar-refractivity contribution in [1.82, 2.24) is 10.2 Å². The van der Waals surface area contributed by atoms with E-state index in [2.05, 4.69) is 20.4 Å². The Kier molecular flexibility index (Phi) is 6.91. The van der Waals surface area contributed by atoms with Gasteiger partial charge in [0.2, 0.25) is 11.8 Å². The molecule has 0 bridgehead atoms. The molecule has 2 amide bonds. The molecule has 0 unspecified atom stereocenters. The average Bonchev–Trinajstić information content (AvgIpc) is 3.24. The van der Waals surface area contributed by atoms with Gasteiger partial charge in [0.05, 0.1) is 13.2 Å². The van der Waals surface area contributed by atoms with Crippen molar-refractivity contribution in [1.29, 1.82) is 0 Å². The molecule has 2 N–H and O–H groups in total. The van der Waals surface area contributed by atoms with Crippen LogP contribution in [-0.2, 0) is 14.3 Å². The number of hydrogen-bond donors (Lipinski definition) is 2. The van der Waals surface area contributed by atoms with Gasteiger partial charge < -0.3 is 20.3 Å². The van der Waals surface area contributed by atoms with Crippen LogP contribution in [0, 0.1) is 5.41 Å². The van der Waals surface area contributed by atoms with Gasteiger partial charge in [0.15, 0.2) is 0 Å². The highest BCUT2D eigenvalue weighted by Crippen LogP contribution is 2.24. The smallest absolute Gasteiger partial charge is 0.239 e. The van der Waals surface area contributed by atoms with Crippen molar-refractivity contribution < 1.29 is 14.3 Å². The minimum Gasteiger partial charge on any atom is -0.379 e. The summed E-state index contributed by atoms with van der Waals surface area (Å²) in [6, 6.07) is 7.85. The Morgan fingerprint density at radius 1 is 1.00 bits per heavy atom. The largest absolute Gasteiger partial charge is 0.379 e. The van der Waals surface area contributed by atoms with E-state index in [1.807, 2.05) is 24.3 Å². The number of ether oxygens (including phenoxy) is 1. The van der Waals surface area contributed by atoms with E-state index in [0.717, 1.165) is 45.9 Å². The first kappa shape index (κ1) is 20.6. The number of nitrogens with one attached hydrogen (secondary N) is 2. The molecule has 7 heteroatoms. The standard InChI is InChI=1S/C21H32N4O3/c1-21(2,19(26)22-9-12-24-13-15-28-16-14-24)20(27)23-17-5-7-18(8-6-17)25-10-3-4-11-25/h5-8H,3-4,9-16H2,1-2H3,(H,22,26)(H,23,27). The molecule has 28 heavy (non-hydrogen) atoms. The van der Waals surface area contributed by atoms with E-state index >= 15 is 0 Å². The van der Waals surface area contributed by atoms with Crippen LogP contribution in [0.1, 0.15) is 26.7 Å². The predicted octanol–water partition coefficient (Wildman–Crippen LogP) is 1.70. The molecule has 2 aliphatic heterocycles. The van der Waals surface area contributed by atoms with Gasteiger partial charge in [-0.3, -0.25) is 14.5 Å². The molecule has 2 saturated heterocycles. The van der Waals surface area contributed by atoms with Gasteiger partial charge in [0, 0.05) is 50.6 Å². The molecule has 2 fully saturated rings. The number of rotatable bonds is 7. The van der Waals surface area contributed by atoms with Crippen LogP contribution >= 0.6 is 0 Å². The lowest BCUT2D eigenvalue weighted by atomic mass is 9.91. The monoisotopic (exact) mass is 388 g/mol. The average molecular weight is 389 g/mol. The summed E-state index contributed by atoms with van der Waals surface area (Å²) in [6.45, 7) is 10.0. The number of carbonyl (C=O) groups excluding carboxylic acids is 2. The molecule has 0 spiro atoms. The topological polar surface area (TPSA) is 73.9 Å². The SMILES string of the molecule is CC(C)(C(=O)NCCN1CCOCC1)C(=O)Nc1ccc(N2CCCC2)cc1. The number of morpholine rings is 1. The lowest BCUT2D eigenvalue weighted by Gasteiger charge is -2.27. The van der Waals surface area contributed by atoms with Crippen LogP contribution in [0.2, 0.25) is 0 Å². The van der Waals surface area contributed by atoms with Gasteiger partial charge in [-0.05, 0) is 51.0 Å². The summed E-state index contributed by atoms with van der Waals surface area (Å²) in [4.78, 5) is 29.8. The van der Waals surface area contributed by atoms with Crippen molar-refractivity contribution in [3.8, 4) is 0 Å². The third-order valence-electron chi connectivity index (χ3n) is 5.55. The Bertz CT molecular complexity index is 663. The molecule has 0 radical (unpaired) electrons. The van der Waals surface area contributed by atoms with Crippen molar-refractivity contribution in [3.05, 3.63) is 24.3 Å². The summed E-state index contributed by atoms with van der Waals surface area (Å²) >= 11 is 0. The Hall–Kier alpha value is -2.12. The first-order chi connectivity index (χ1) is 13.5. The fourth-order valence-corrected chi connectivity index (χ4v) is 3.49. The summed E-state index contributed by atoms with van der Waals surface area (Å²) in [5.41, 5.74) is 0.747. The van der Waals surface area contributed by atoms with Crippen LogP contribution in [0.25, 0.3) is 0 Å². The van der Waals surface area contributed by atoms with Crippen molar-refractivity contribution >= 4 is 23.2 Å². The van der Waals surface area contributed by atoms with Crippen molar-refractivity contribution in [2.45, 2.75) is 26.7 Å². The molecule has 0 aliphatic carbocycles. The minimum absolute atomic E-state index is 0.257. The number of anilines is 2. The van der Waals surface area contributed by atoms with Crippen LogP contribution in [0.4, 0.5) is 11.4 Å². The van der Waals surface area contributed by atoms with Crippen LogP contribution in [0.15, 0.2) is 24.3 Å². The van der Waals surface area contributed by atoms with E-state index in [-0.39, 0.29) is 11.8 Å². The number of hydrogen-bond acceptors (Lipinski definition) is 5. The Balaban J connectivity index is 1.47. The summed E-state index contributed by atoms with van der Waals surface area (Å²) in [6.07, 6.45) is 2.46. The summed E-state index contributed by atoms with van der Waals surface area (Å²) in [5.74, 6) is -0.558. The summed E-state index contributed by atoms with van der Waals surface area (Å²) in [7, 11) is 0. The van der Waals surface area contributed by atoms with Crippen LogP contribution < -0.4 is 15.5 Å². The van der Waals surface area contributed by atoms with Gasteiger partial charge in [-0.15, -0.1) is 0 Å². The number of nitrogens with zero attached hydrogens (tertiary/aromatic N) is 2. The Morgan fingerprint density at radius 2 is 1.64 bits per heavy atom. The second kappa shape index (κ2) is 9.39. The quantitative estimate of drug-likeness (QED) is 0.696. The van der Waals surface area contributed by atoms with Crippen LogP contribution in [0.5, 0.6) is 0 Å². The second-order valence-electron chi connectivity index (χ2n) is 8.03. The third-order valence-corrected chi connectivity index (χ3v) is 5.55. The van der Waals surface area contributed by atoms with Gasteiger partial charge in [-0.2, -0.15) is 0 Å². The maximum Gasteiger partial charge on any atom is 0.239 e. The van der Waals surface area contributed by atoms with E-state index in [1.165, 1.54) is 18.5 Å². The molecule has 1 aromatic carbocycles. The van der Waals surface area contributed by atoms with E-state index < -0.39 is 5.41 Å². The fourth-order valence-electron chi connectivity index (χ4n) is 3.49. The second-order valence-corrected chi connectivity index (χ2v) is 8.03. The van der Waals surface area contributed by atoms with E-state index in [4.69, 9.17) is 4.74 Å². The van der Waals surface area contributed by atoms with Gasteiger partial charge in [-0.25, -0.2) is 0 Å². The first-order valence-corrected chi connectivity index (χ1v) is 10.2.